The highest BCUT2D eigenvalue weighted by atomic mass is 16.2. The van der Waals surface area contributed by atoms with Crippen LogP contribution in [0.1, 0.15) is 67.3 Å². The number of nitrogens with two attached hydrogens (primary N) is 3. The first-order chi connectivity index (χ1) is 21.7. The number of hydrogen-bond acceptors (Lipinski definition) is 6. The average molecular weight is 618 g/mol. The average Bonchev–Trinajstić information content (AvgIpc) is 3.50. The largest absolute Gasteiger partial charge is 0.370 e. The van der Waals surface area contributed by atoms with Crippen LogP contribution in [0.2, 0.25) is 0 Å². The molecule has 13 heteroatoms. The summed E-state index contributed by atoms with van der Waals surface area (Å²) < 4.78 is 0. The molecular weight excluding hydrogens is 574 g/mol. The number of primary amides is 1. The number of fused-ring (bicyclic) bond motifs is 1. The van der Waals surface area contributed by atoms with Crippen molar-refractivity contribution in [3.05, 3.63) is 66.0 Å². The number of aromatic nitrogens is 2. The molecule has 1 aromatic heterocycles. The lowest BCUT2D eigenvalue weighted by molar-refractivity contribution is -0.132. The molecule has 3 aromatic rings. The van der Waals surface area contributed by atoms with Crippen molar-refractivity contribution in [3.8, 4) is 0 Å². The van der Waals surface area contributed by atoms with Crippen LogP contribution in [0.15, 0.2) is 59.9 Å². The number of imidazole rings is 1. The summed E-state index contributed by atoms with van der Waals surface area (Å²) in [5.74, 6) is -2.00. The highest BCUT2D eigenvalue weighted by Gasteiger charge is 2.31. The summed E-state index contributed by atoms with van der Waals surface area (Å²) in [5, 5.41) is 8.46. The second kappa shape index (κ2) is 16.2. The summed E-state index contributed by atoms with van der Waals surface area (Å²) in [6, 6.07) is 11.3. The van der Waals surface area contributed by atoms with Gasteiger partial charge in [-0.25, -0.2) is 4.98 Å². The van der Waals surface area contributed by atoms with Gasteiger partial charge in [-0.1, -0.05) is 62.4 Å². The lowest BCUT2D eigenvalue weighted by Gasteiger charge is -2.28. The fourth-order valence-corrected chi connectivity index (χ4v) is 5.70. The van der Waals surface area contributed by atoms with Crippen molar-refractivity contribution in [2.75, 3.05) is 6.54 Å². The van der Waals surface area contributed by atoms with Crippen molar-refractivity contribution < 1.29 is 19.2 Å². The summed E-state index contributed by atoms with van der Waals surface area (Å²) in [6.07, 6.45) is 7.93. The fourth-order valence-electron chi connectivity index (χ4n) is 5.70. The Hall–Kier alpha value is -4.94. The van der Waals surface area contributed by atoms with Crippen LogP contribution in [0, 0.1) is 5.92 Å². The van der Waals surface area contributed by atoms with Crippen LogP contribution in [0.4, 0.5) is 0 Å². The van der Waals surface area contributed by atoms with E-state index in [9.17, 15) is 19.2 Å². The van der Waals surface area contributed by atoms with E-state index in [1.54, 1.807) is 24.5 Å². The van der Waals surface area contributed by atoms with Crippen molar-refractivity contribution in [2.45, 2.75) is 75.9 Å². The van der Waals surface area contributed by atoms with Crippen LogP contribution < -0.4 is 33.2 Å². The molecule has 13 nitrogen and oxygen atoms in total. The highest BCUT2D eigenvalue weighted by molar-refractivity contribution is 6.00. The monoisotopic (exact) mass is 617 g/mol. The molecule has 0 bridgehead atoms. The maximum absolute atomic E-state index is 13.8. The third-order valence-corrected chi connectivity index (χ3v) is 8.12. The summed E-state index contributed by atoms with van der Waals surface area (Å²) >= 11 is 0. The van der Waals surface area contributed by atoms with E-state index in [4.69, 9.17) is 17.2 Å². The van der Waals surface area contributed by atoms with Crippen LogP contribution in [-0.2, 0) is 20.8 Å². The Balaban J connectivity index is 1.51. The molecule has 1 heterocycles. The number of amides is 4. The molecule has 0 spiro atoms. The summed E-state index contributed by atoms with van der Waals surface area (Å²) in [7, 11) is 0. The Morgan fingerprint density at radius 3 is 2.31 bits per heavy atom. The number of carbonyl (C=O) groups excluding carboxylic acids is 4. The van der Waals surface area contributed by atoms with Gasteiger partial charge in [-0.2, -0.15) is 0 Å². The first-order valence-corrected chi connectivity index (χ1v) is 15.4. The van der Waals surface area contributed by atoms with E-state index < -0.39 is 41.8 Å². The maximum atomic E-state index is 13.8. The third-order valence-electron chi connectivity index (χ3n) is 8.12. The molecule has 4 amide bonds. The Kier molecular flexibility index (Phi) is 11.9. The van der Waals surface area contributed by atoms with E-state index in [1.165, 1.54) is 0 Å². The lowest BCUT2D eigenvalue weighted by atomic mass is 9.84. The van der Waals surface area contributed by atoms with Gasteiger partial charge in [-0.3, -0.25) is 24.2 Å². The van der Waals surface area contributed by atoms with Gasteiger partial charge in [0.25, 0.3) is 5.91 Å². The van der Waals surface area contributed by atoms with E-state index in [-0.39, 0.29) is 31.3 Å². The van der Waals surface area contributed by atoms with Gasteiger partial charge in [0.1, 0.15) is 18.1 Å². The Bertz CT molecular complexity index is 1480. The smallest absolute Gasteiger partial charge is 0.252 e. The highest BCUT2D eigenvalue weighted by Crippen LogP contribution is 2.27. The number of carbonyl (C=O) groups is 4. The molecule has 1 aliphatic rings. The van der Waals surface area contributed by atoms with Gasteiger partial charge in [-0.05, 0) is 48.9 Å². The zero-order valence-corrected chi connectivity index (χ0v) is 25.3. The predicted octanol–water partition coefficient (Wildman–Crippen LogP) is 1.38. The van der Waals surface area contributed by atoms with Crippen LogP contribution in [-0.4, -0.2) is 64.2 Å². The standard InChI is InChI=1S/C32H43N9O4/c33-28(42)26(16-20-8-3-1-4-9-20)40-30(44)24(12-7-15-36-32(34)35)39-31(45)27(17-21-10-5-2-6-11-21)41-29(43)22-13-14-23-25(18-22)38-19-37-23/h1,3-4,8-9,13-14,18-19,21,24,26-27H,2,5-7,10-12,15-17H2,(H2,33,42)(H,37,38)(H,39,45)(H,40,44)(H,41,43)(H4,34,35,36)/t24-,26-,27-/m0/s1. The molecule has 1 saturated carbocycles. The molecule has 0 aliphatic heterocycles. The second-order valence-corrected chi connectivity index (χ2v) is 11.6. The fraction of sp³-hybridized carbons (Fsp3) is 0.438. The summed E-state index contributed by atoms with van der Waals surface area (Å²) in [4.78, 5) is 64.2. The predicted molar refractivity (Wildman–Crippen MR) is 172 cm³/mol. The Morgan fingerprint density at radius 1 is 0.889 bits per heavy atom. The minimum Gasteiger partial charge on any atom is -0.370 e. The lowest BCUT2D eigenvalue weighted by Crippen LogP contribution is -2.57. The number of aromatic amines is 1. The topological polar surface area (TPSA) is 223 Å². The molecular formula is C32H43N9O4. The molecule has 0 saturated heterocycles. The molecule has 0 radical (unpaired) electrons. The minimum absolute atomic E-state index is 0.0831. The van der Waals surface area contributed by atoms with Crippen molar-refractivity contribution in [2.24, 2.45) is 28.1 Å². The van der Waals surface area contributed by atoms with E-state index in [0.717, 1.165) is 43.2 Å². The Labute approximate surface area is 262 Å². The van der Waals surface area contributed by atoms with Crippen LogP contribution in [0.25, 0.3) is 11.0 Å². The number of guanidine groups is 1. The molecule has 45 heavy (non-hydrogen) atoms. The van der Waals surface area contributed by atoms with Gasteiger partial charge in [0.15, 0.2) is 5.96 Å². The number of aliphatic imine (C=N–C) groups is 1. The number of nitrogens with one attached hydrogen (secondary N) is 4. The SMILES string of the molecule is NC(=O)[C@H](Cc1ccccc1)NC(=O)[C@H](CCCN=C(N)N)NC(=O)[C@H](CC1CCCCC1)NC(=O)c1ccc2nc[nH]c2c1. The number of H-pyrrole nitrogens is 1. The van der Waals surface area contributed by atoms with Gasteiger partial charge in [-0.15, -0.1) is 0 Å². The molecule has 240 valence electrons. The van der Waals surface area contributed by atoms with Gasteiger partial charge in [0.2, 0.25) is 17.7 Å². The van der Waals surface area contributed by atoms with Crippen molar-refractivity contribution in [1.82, 2.24) is 25.9 Å². The van der Waals surface area contributed by atoms with Crippen LogP contribution in [0.5, 0.6) is 0 Å². The van der Waals surface area contributed by atoms with Crippen molar-refractivity contribution in [1.29, 1.82) is 0 Å². The zero-order chi connectivity index (χ0) is 32.2. The van der Waals surface area contributed by atoms with Gasteiger partial charge in [0.05, 0.1) is 17.4 Å². The zero-order valence-electron chi connectivity index (χ0n) is 25.3. The first-order valence-electron chi connectivity index (χ1n) is 15.4. The quantitative estimate of drug-likeness (QED) is 0.0753. The van der Waals surface area contributed by atoms with Crippen molar-refractivity contribution in [3.63, 3.8) is 0 Å². The third kappa shape index (κ3) is 10.1. The van der Waals surface area contributed by atoms with E-state index in [0.29, 0.717) is 23.9 Å². The Morgan fingerprint density at radius 2 is 1.60 bits per heavy atom. The molecule has 3 atom stereocenters. The number of benzene rings is 2. The number of nitrogens with zero attached hydrogens (tertiary/aromatic N) is 2. The number of hydrogen-bond donors (Lipinski definition) is 7. The van der Waals surface area contributed by atoms with Gasteiger partial charge in [0, 0.05) is 18.5 Å². The van der Waals surface area contributed by atoms with Crippen LogP contribution in [0.3, 0.4) is 0 Å². The van der Waals surface area contributed by atoms with E-state index in [1.807, 2.05) is 30.3 Å². The van der Waals surface area contributed by atoms with Crippen LogP contribution >= 0.6 is 0 Å². The summed E-state index contributed by atoms with van der Waals surface area (Å²) in [6.45, 7) is 0.240. The van der Waals surface area contributed by atoms with Gasteiger partial charge >= 0.3 is 0 Å². The maximum Gasteiger partial charge on any atom is 0.252 e. The molecule has 10 N–H and O–H groups in total. The van der Waals surface area contributed by atoms with E-state index >= 15 is 0 Å². The summed E-state index contributed by atoms with van der Waals surface area (Å²) in [5.41, 5.74) is 19.2. The second-order valence-electron chi connectivity index (χ2n) is 11.6. The minimum atomic E-state index is -1.03. The van der Waals surface area contributed by atoms with Crippen molar-refractivity contribution >= 4 is 40.6 Å². The molecule has 0 unspecified atom stereocenters. The number of rotatable bonds is 15. The molecule has 2 aromatic carbocycles. The normalized spacial score (nSPS) is 15.4. The van der Waals surface area contributed by atoms with Gasteiger partial charge < -0.3 is 38.1 Å². The van der Waals surface area contributed by atoms with E-state index in [2.05, 4.69) is 30.9 Å². The molecule has 1 aliphatic carbocycles. The first kappa shape index (κ1) is 33.0. The molecule has 1 fully saturated rings. The molecule has 4 rings (SSSR count).